The number of carbonyl (C=O) groups is 1. The van der Waals surface area contributed by atoms with Crippen LogP contribution in [0, 0.1) is 5.82 Å². The number of rotatable bonds is 4. The first-order valence-corrected chi connectivity index (χ1v) is 5.58. The number of halogens is 1. The highest BCUT2D eigenvalue weighted by Gasteiger charge is 2.12. The monoisotopic (exact) mass is 264 g/mol. The molecule has 2 aromatic rings. The van der Waals surface area contributed by atoms with Gasteiger partial charge in [0.25, 0.3) is 0 Å². The van der Waals surface area contributed by atoms with Gasteiger partial charge in [0.15, 0.2) is 5.75 Å². The Morgan fingerprint density at radius 3 is 2.84 bits per heavy atom. The number of esters is 1. The minimum Gasteiger partial charge on any atom is -0.486 e. The van der Waals surface area contributed by atoms with Crippen LogP contribution in [0.4, 0.5) is 4.39 Å². The number of aryl methyl sites for hydroxylation is 1. The molecule has 0 bridgehead atoms. The third-order valence-corrected chi connectivity index (χ3v) is 2.53. The largest absolute Gasteiger partial charge is 0.486 e. The molecule has 6 heteroatoms. The molecule has 0 spiro atoms. The summed E-state index contributed by atoms with van der Waals surface area (Å²) in [6.07, 6.45) is 3.28. The number of carbonyl (C=O) groups excluding carboxylic acids is 1. The zero-order valence-electron chi connectivity index (χ0n) is 10.6. The average Bonchev–Trinajstić information content (AvgIpc) is 2.81. The van der Waals surface area contributed by atoms with Crippen LogP contribution in [0.3, 0.4) is 0 Å². The van der Waals surface area contributed by atoms with Crippen LogP contribution in [-0.4, -0.2) is 22.9 Å². The molecule has 0 fully saturated rings. The predicted octanol–water partition coefficient (Wildman–Crippen LogP) is 1.92. The van der Waals surface area contributed by atoms with Crippen molar-refractivity contribution in [2.24, 2.45) is 7.05 Å². The van der Waals surface area contributed by atoms with Crippen molar-refractivity contribution >= 4 is 5.97 Å². The van der Waals surface area contributed by atoms with Crippen molar-refractivity contribution in [3.63, 3.8) is 0 Å². The Balaban J connectivity index is 2.06. The maximum absolute atomic E-state index is 13.6. The maximum atomic E-state index is 13.6. The summed E-state index contributed by atoms with van der Waals surface area (Å²) in [6.45, 7) is 0.198. The van der Waals surface area contributed by atoms with Crippen molar-refractivity contribution < 1.29 is 18.7 Å². The summed E-state index contributed by atoms with van der Waals surface area (Å²) in [6, 6.07) is 4.25. The molecule has 0 atom stereocenters. The molecule has 0 radical (unpaired) electrons. The standard InChI is InChI=1S/C13H13FN2O3/c1-16-7-10(6-15-16)19-8-9-3-4-11(12(14)5-9)13(17)18-2/h3-7H,8H2,1-2H3. The van der Waals surface area contributed by atoms with E-state index in [1.807, 2.05) is 0 Å². The van der Waals surface area contributed by atoms with Gasteiger partial charge in [-0.25, -0.2) is 9.18 Å². The van der Waals surface area contributed by atoms with Gasteiger partial charge in [0.05, 0.1) is 25.1 Å². The summed E-state index contributed by atoms with van der Waals surface area (Å²) in [5, 5.41) is 3.95. The zero-order valence-corrected chi connectivity index (χ0v) is 10.6. The first-order valence-electron chi connectivity index (χ1n) is 5.58. The van der Waals surface area contributed by atoms with Crippen LogP contribution in [0.15, 0.2) is 30.6 Å². The topological polar surface area (TPSA) is 53.4 Å². The Bertz CT molecular complexity index is 595. The molecule has 2 rings (SSSR count). The zero-order chi connectivity index (χ0) is 13.8. The van der Waals surface area contributed by atoms with Gasteiger partial charge >= 0.3 is 5.97 Å². The first-order chi connectivity index (χ1) is 9.10. The van der Waals surface area contributed by atoms with Crippen molar-refractivity contribution in [1.82, 2.24) is 9.78 Å². The van der Waals surface area contributed by atoms with Crippen LogP contribution in [0.5, 0.6) is 5.75 Å². The molecule has 0 N–H and O–H groups in total. The molecule has 0 aliphatic rings. The minimum atomic E-state index is -0.697. The molecule has 0 saturated carbocycles. The van der Waals surface area contributed by atoms with Crippen molar-refractivity contribution in [1.29, 1.82) is 0 Å². The van der Waals surface area contributed by atoms with Crippen LogP contribution in [0.25, 0.3) is 0 Å². The number of benzene rings is 1. The second-order valence-electron chi connectivity index (χ2n) is 3.94. The van der Waals surface area contributed by atoms with E-state index in [1.165, 1.54) is 19.2 Å². The van der Waals surface area contributed by atoms with Crippen LogP contribution in [0.2, 0.25) is 0 Å². The molecular weight excluding hydrogens is 251 g/mol. The van der Waals surface area contributed by atoms with E-state index < -0.39 is 11.8 Å². The SMILES string of the molecule is COC(=O)c1ccc(COc2cnn(C)c2)cc1F. The highest BCUT2D eigenvalue weighted by Crippen LogP contribution is 2.14. The minimum absolute atomic E-state index is 0.0902. The van der Waals surface area contributed by atoms with Crippen molar-refractivity contribution in [2.75, 3.05) is 7.11 Å². The summed E-state index contributed by atoms with van der Waals surface area (Å²) in [4.78, 5) is 11.2. The van der Waals surface area contributed by atoms with Gasteiger partial charge in [-0.2, -0.15) is 5.10 Å². The van der Waals surface area contributed by atoms with Gasteiger partial charge in [0.2, 0.25) is 0 Å². The second-order valence-corrected chi connectivity index (χ2v) is 3.94. The second kappa shape index (κ2) is 5.51. The Morgan fingerprint density at radius 1 is 1.47 bits per heavy atom. The van der Waals surface area contributed by atoms with Crippen LogP contribution >= 0.6 is 0 Å². The Labute approximate surface area is 109 Å². The number of hydrogen-bond acceptors (Lipinski definition) is 4. The molecule has 1 heterocycles. The fourth-order valence-corrected chi connectivity index (χ4v) is 1.56. The van der Waals surface area contributed by atoms with Crippen molar-refractivity contribution in [2.45, 2.75) is 6.61 Å². The molecule has 19 heavy (non-hydrogen) atoms. The lowest BCUT2D eigenvalue weighted by Crippen LogP contribution is -2.05. The van der Waals surface area contributed by atoms with Gasteiger partial charge in [0, 0.05) is 7.05 Å². The number of aromatic nitrogens is 2. The summed E-state index contributed by atoms with van der Waals surface area (Å²) >= 11 is 0. The molecule has 0 unspecified atom stereocenters. The quantitative estimate of drug-likeness (QED) is 0.792. The first kappa shape index (κ1) is 13.1. The normalized spacial score (nSPS) is 10.3. The fraction of sp³-hybridized carbons (Fsp3) is 0.231. The lowest BCUT2D eigenvalue weighted by Gasteiger charge is -2.06. The van der Waals surface area contributed by atoms with Crippen LogP contribution in [0.1, 0.15) is 15.9 Å². The van der Waals surface area contributed by atoms with E-state index in [1.54, 1.807) is 30.2 Å². The van der Waals surface area contributed by atoms with Crippen molar-refractivity contribution in [3.05, 3.63) is 47.5 Å². The summed E-state index contributed by atoms with van der Waals surface area (Å²) in [7, 11) is 2.99. The molecule has 0 saturated heterocycles. The predicted molar refractivity (Wildman–Crippen MR) is 65.3 cm³/mol. The summed E-state index contributed by atoms with van der Waals surface area (Å²) in [5.74, 6) is -0.726. The van der Waals surface area contributed by atoms with E-state index in [-0.39, 0.29) is 12.2 Å². The molecule has 0 aliphatic carbocycles. The van der Waals surface area contributed by atoms with E-state index in [0.717, 1.165) is 0 Å². The Morgan fingerprint density at radius 2 is 2.26 bits per heavy atom. The molecule has 5 nitrogen and oxygen atoms in total. The van der Waals surface area contributed by atoms with Crippen LogP contribution in [-0.2, 0) is 18.4 Å². The number of ether oxygens (including phenoxy) is 2. The number of methoxy groups -OCH3 is 1. The molecule has 100 valence electrons. The lowest BCUT2D eigenvalue weighted by atomic mass is 10.1. The van der Waals surface area contributed by atoms with Gasteiger partial charge < -0.3 is 9.47 Å². The van der Waals surface area contributed by atoms with E-state index in [4.69, 9.17) is 4.74 Å². The van der Waals surface area contributed by atoms with Gasteiger partial charge in [-0.15, -0.1) is 0 Å². The van der Waals surface area contributed by atoms with E-state index in [9.17, 15) is 9.18 Å². The highest BCUT2D eigenvalue weighted by atomic mass is 19.1. The molecular formula is C13H13FN2O3. The fourth-order valence-electron chi connectivity index (χ4n) is 1.56. The van der Waals surface area contributed by atoms with E-state index in [0.29, 0.717) is 11.3 Å². The number of nitrogens with zero attached hydrogens (tertiary/aromatic N) is 2. The number of hydrogen-bond donors (Lipinski definition) is 0. The van der Waals surface area contributed by atoms with Gasteiger partial charge in [-0.05, 0) is 17.7 Å². The third-order valence-electron chi connectivity index (χ3n) is 2.53. The molecule has 1 aromatic carbocycles. The molecule has 0 amide bonds. The smallest absolute Gasteiger partial charge is 0.340 e. The van der Waals surface area contributed by atoms with Gasteiger partial charge in [0.1, 0.15) is 12.4 Å². The van der Waals surface area contributed by atoms with E-state index >= 15 is 0 Å². The van der Waals surface area contributed by atoms with Crippen LogP contribution < -0.4 is 4.74 Å². The van der Waals surface area contributed by atoms with Crippen molar-refractivity contribution in [3.8, 4) is 5.75 Å². The average molecular weight is 264 g/mol. The molecule has 0 aliphatic heterocycles. The summed E-state index contributed by atoms with van der Waals surface area (Å²) < 4.78 is 25.1. The third kappa shape index (κ3) is 3.09. The Kier molecular flexibility index (Phi) is 3.79. The lowest BCUT2D eigenvalue weighted by molar-refractivity contribution is 0.0595. The summed E-state index contributed by atoms with van der Waals surface area (Å²) in [5.41, 5.74) is 0.529. The molecule has 1 aromatic heterocycles. The van der Waals surface area contributed by atoms with Gasteiger partial charge in [-0.1, -0.05) is 6.07 Å². The van der Waals surface area contributed by atoms with E-state index in [2.05, 4.69) is 9.84 Å². The van der Waals surface area contributed by atoms with Gasteiger partial charge in [-0.3, -0.25) is 4.68 Å². The maximum Gasteiger partial charge on any atom is 0.340 e. The highest BCUT2D eigenvalue weighted by molar-refractivity contribution is 5.89. The Hall–Kier alpha value is -2.37.